The van der Waals surface area contributed by atoms with Crippen molar-refractivity contribution >= 4 is 39.3 Å². The van der Waals surface area contributed by atoms with E-state index in [-0.39, 0.29) is 0 Å². The lowest BCUT2D eigenvalue weighted by Gasteiger charge is -2.16. The second-order valence-corrected chi connectivity index (χ2v) is 7.03. The van der Waals surface area contributed by atoms with Crippen LogP contribution in [0, 0.1) is 0 Å². The number of halogens is 2. The van der Waals surface area contributed by atoms with Crippen LogP contribution in [0.4, 0.5) is 0 Å². The smallest absolute Gasteiger partial charge is 0.0406 e. The van der Waals surface area contributed by atoms with Gasteiger partial charge in [-0.1, -0.05) is 45.7 Å². The molecule has 0 heterocycles. The number of hydrogen-bond donors (Lipinski definition) is 1. The average molecular weight is 371 g/mol. The Morgan fingerprint density at radius 1 is 1.20 bits per heavy atom. The summed E-state index contributed by atoms with van der Waals surface area (Å²) in [5.74, 6) is 1.04. The lowest BCUT2D eigenvalue weighted by molar-refractivity contribution is 0.617. The second kappa shape index (κ2) is 8.08. The van der Waals surface area contributed by atoms with Gasteiger partial charge in [-0.05, 0) is 49.4 Å². The molecule has 1 unspecified atom stereocenters. The molecule has 1 atom stereocenters. The summed E-state index contributed by atoms with van der Waals surface area (Å²) in [5.41, 5.74) is 1.31. The monoisotopic (exact) mass is 369 g/mol. The quantitative estimate of drug-likeness (QED) is 0.716. The fourth-order valence-electron chi connectivity index (χ4n) is 1.90. The Labute approximate surface area is 138 Å². The van der Waals surface area contributed by atoms with Gasteiger partial charge in [0.2, 0.25) is 0 Å². The van der Waals surface area contributed by atoms with E-state index in [0.717, 1.165) is 21.7 Å². The molecule has 0 saturated heterocycles. The van der Waals surface area contributed by atoms with Crippen LogP contribution in [0.5, 0.6) is 0 Å². The van der Waals surface area contributed by atoms with E-state index in [4.69, 9.17) is 11.6 Å². The van der Waals surface area contributed by atoms with Crippen LogP contribution in [0.2, 0.25) is 5.02 Å². The molecule has 0 bridgehead atoms. The van der Waals surface area contributed by atoms with Crippen molar-refractivity contribution in [1.82, 2.24) is 5.32 Å². The lowest BCUT2D eigenvalue weighted by Crippen LogP contribution is -2.30. The van der Waals surface area contributed by atoms with Gasteiger partial charge >= 0.3 is 0 Å². The molecule has 0 aliphatic rings. The highest BCUT2D eigenvalue weighted by molar-refractivity contribution is 9.10. The van der Waals surface area contributed by atoms with Gasteiger partial charge in [0.25, 0.3) is 0 Å². The van der Waals surface area contributed by atoms with Crippen LogP contribution in [0.1, 0.15) is 5.56 Å². The summed E-state index contributed by atoms with van der Waals surface area (Å²) in [4.78, 5) is 1.29. The van der Waals surface area contributed by atoms with E-state index < -0.39 is 0 Å². The second-order valence-electron chi connectivity index (χ2n) is 4.58. The maximum absolute atomic E-state index is 5.91. The van der Waals surface area contributed by atoms with E-state index in [0.29, 0.717) is 6.04 Å². The van der Waals surface area contributed by atoms with Crippen molar-refractivity contribution in [2.45, 2.75) is 17.4 Å². The van der Waals surface area contributed by atoms with Crippen molar-refractivity contribution in [1.29, 1.82) is 0 Å². The van der Waals surface area contributed by atoms with Gasteiger partial charge in [0, 0.05) is 26.2 Å². The topological polar surface area (TPSA) is 12.0 Å². The minimum absolute atomic E-state index is 0.445. The molecular formula is C16H17BrClNS. The molecule has 0 fully saturated rings. The zero-order valence-electron chi connectivity index (χ0n) is 11.3. The molecule has 20 heavy (non-hydrogen) atoms. The molecule has 1 N–H and O–H groups in total. The Balaban J connectivity index is 1.90. The van der Waals surface area contributed by atoms with Gasteiger partial charge < -0.3 is 5.32 Å². The summed E-state index contributed by atoms with van der Waals surface area (Å²) >= 11 is 11.3. The van der Waals surface area contributed by atoms with E-state index in [9.17, 15) is 0 Å². The zero-order chi connectivity index (χ0) is 14.4. The molecule has 1 nitrogen and oxygen atoms in total. The molecule has 0 aromatic heterocycles. The third-order valence-corrected chi connectivity index (χ3v) is 4.95. The van der Waals surface area contributed by atoms with Crippen LogP contribution in [-0.4, -0.2) is 18.8 Å². The molecule has 0 saturated carbocycles. The molecule has 2 rings (SSSR count). The Morgan fingerprint density at radius 2 is 1.95 bits per heavy atom. The Hall–Kier alpha value is -0.480. The van der Waals surface area contributed by atoms with Gasteiger partial charge in [-0.25, -0.2) is 0 Å². The first-order valence-electron chi connectivity index (χ1n) is 6.47. The number of nitrogens with one attached hydrogen (secondary N) is 1. The number of hydrogen-bond acceptors (Lipinski definition) is 2. The molecule has 0 aliphatic carbocycles. The molecule has 0 spiro atoms. The van der Waals surface area contributed by atoms with E-state index >= 15 is 0 Å². The average Bonchev–Trinajstić information content (AvgIpc) is 2.45. The molecule has 0 aliphatic heterocycles. The number of likely N-dealkylation sites (N-methyl/N-ethyl adjacent to an activating group) is 1. The Morgan fingerprint density at radius 3 is 2.60 bits per heavy atom. The van der Waals surface area contributed by atoms with Crippen molar-refractivity contribution < 1.29 is 0 Å². The zero-order valence-corrected chi connectivity index (χ0v) is 14.4. The minimum Gasteiger partial charge on any atom is -0.316 e. The van der Waals surface area contributed by atoms with E-state index in [1.165, 1.54) is 10.5 Å². The summed E-state index contributed by atoms with van der Waals surface area (Å²) in [6.45, 7) is 0. The molecule has 2 aromatic carbocycles. The van der Waals surface area contributed by atoms with Crippen LogP contribution in [0.15, 0.2) is 57.9 Å². The van der Waals surface area contributed by atoms with Crippen molar-refractivity contribution in [3.05, 3.63) is 63.6 Å². The Bertz CT molecular complexity index is 544. The predicted octanol–water partition coefficient (Wildman–Crippen LogP) is 5.03. The third-order valence-electron chi connectivity index (χ3n) is 3.05. The summed E-state index contributed by atoms with van der Waals surface area (Å²) in [6, 6.07) is 16.9. The third kappa shape index (κ3) is 5.13. The van der Waals surface area contributed by atoms with Crippen LogP contribution < -0.4 is 5.32 Å². The van der Waals surface area contributed by atoms with Gasteiger partial charge in [0.15, 0.2) is 0 Å². The standard InChI is InChI=1S/C16H17BrClNS/c1-19-15(9-12-5-7-14(18)8-6-12)11-20-16-4-2-3-13(17)10-16/h2-8,10,15,19H,9,11H2,1H3. The minimum atomic E-state index is 0.445. The van der Waals surface area contributed by atoms with Crippen LogP contribution in [0.3, 0.4) is 0 Å². The SMILES string of the molecule is CNC(CSc1cccc(Br)c1)Cc1ccc(Cl)cc1. The summed E-state index contributed by atoms with van der Waals surface area (Å²) < 4.78 is 1.13. The van der Waals surface area contributed by atoms with E-state index in [1.807, 2.05) is 37.0 Å². The molecule has 106 valence electrons. The predicted molar refractivity (Wildman–Crippen MR) is 92.9 cm³/mol. The molecule has 4 heteroatoms. The van der Waals surface area contributed by atoms with Gasteiger partial charge in [-0.15, -0.1) is 11.8 Å². The van der Waals surface area contributed by atoms with E-state index in [1.54, 1.807) is 0 Å². The van der Waals surface area contributed by atoms with Crippen molar-refractivity contribution in [3.63, 3.8) is 0 Å². The first kappa shape index (κ1) is 15.9. The van der Waals surface area contributed by atoms with Gasteiger partial charge in [0.05, 0.1) is 0 Å². The van der Waals surface area contributed by atoms with Crippen LogP contribution in [-0.2, 0) is 6.42 Å². The largest absolute Gasteiger partial charge is 0.316 e. The van der Waals surface area contributed by atoms with E-state index in [2.05, 4.69) is 51.6 Å². The highest BCUT2D eigenvalue weighted by Crippen LogP contribution is 2.23. The highest BCUT2D eigenvalue weighted by Gasteiger charge is 2.08. The summed E-state index contributed by atoms with van der Waals surface area (Å²) in [7, 11) is 2.02. The fraction of sp³-hybridized carbons (Fsp3) is 0.250. The summed E-state index contributed by atoms with van der Waals surface area (Å²) in [6.07, 6.45) is 1.01. The molecule has 0 radical (unpaired) electrons. The number of rotatable bonds is 6. The first-order valence-corrected chi connectivity index (χ1v) is 8.63. The maximum atomic E-state index is 5.91. The van der Waals surface area contributed by atoms with Crippen LogP contribution >= 0.6 is 39.3 Å². The maximum Gasteiger partial charge on any atom is 0.0406 e. The number of thioether (sulfide) groups is 1. The van der Waals surface area contributed by atoms with Crippen molar-refractivity contribution in [2.24, 2.45) is 0 Å². The van der Waals surface area contributed by atoms with Gasteiger partial charge in [-0.2, -0.15) is 0 Å². The highest BCUT2D eigenvalue weighted by atomic mass is 79.9. The molecular weight excluding hydrogens is 354 g/mol. The van der Waals surface area contributed by atoms with Crippen molar-refractivity contribution in [2.75, 3.05) is 12.8 Å². The fourth-order valence-corrected chi connectivity index (χ4v) is 3.64. The normalized spacial score (nSPS) is 12.3. The lowest BCUT2D eigenvalue weighted by atomic mass is 10.1. The molecule has 2 aromatic rings. The van der Waals surface area contributed by atoms with Gasteiger partial charge in [0.1, 0.15) is 0 Å². The van der Waals surface area contributed by atoms with Crippen molar-refractivity contribution in [3.8, 4) is 0 Å². The Kier molecular flexibility index (Phi) is 6.43. The summed E-state index contributed by atoms with van der Waals surface area (Å²) in [5, 5.41) is 4.17. The van der Waals surface area contributed by atoms with Crippen LogP contribution in [0.25, 0.3) is 0 Å². The molecule has 0 amide bonds. The first-order chi connectivity index (χ1) is 9.67. The van der Waals surface area contributed by atoms with Gasteiger partial charge in [-0.3, -0.25) is 0 Å². The number of benzene rings is 2.